The van der Waals surface area contributed by atoms with Crippen LogP contribution in [0, 0.1) is 0 Å². The van der Waals surface area contributed by atoms with Crippen molar-refractivity contribution in [2.75, 3.05) is 11.1 Å². The molecule has 6 heteroatoms. The highest BCUT2D eigenvalue weighted by molar-refractivity contribution is 6.31. The number of hydrogen-bond acceptors (Lipinski definition) is 5. The van der Waals surface area contributed by atoms with E-state index >= 15 is 0 Å². The van der Waals surface area contributed by atoms with Crippen molar-refractivity contribution in [3.63, 3.8) is 0 Å². The van der Waals surface area contributed by atoms with Crippen LogP contribution in [0.5, 0.6) is 0 Å². The molecule has 0 radical (unpaired) electrons. The number of fused-ring (bicyclic) bond motifs is 1. The average Bonchev–Trinajstić information content (AvgIpc) is 2.39. The highest BCUT2D eigenvalue weighted by Gasteiger charge is 2.04. The lowest BCUT2D eigenvalue weighted by atomic mass is 10.1. The largest absolute Gasteiger partial charge is 0.384 e. The molecule has 0 aliphatic rings. The fourth-order valence-electron chi connectivity index (χ4n) is 1.80. The molecule has 0 saturated carbocycles. The molecule has 3 aromatic rings. The van der Waals surface area contributed by atoms with Gasteiger partial charge in [-0.25, -0.2) is 15.0 Å². The van der Waals surface area contributed by atoms with E-state index in [0.29, 0.717) is 22.5 Å². The minimum atomic E-state index is 0.399. The van der Waals surface area contributed by atoms with Crippen LogP contribution in [0.4, 0.5) is 17.5 Å². The third kappa shape index (κ3) is 2.41. The van der Waals surface area contributed by atoms with Gasteiger partial charge in [-0.05, 0) is 23.6 Å². The molecule has 94 valence electrons. The first-order valence-corrected chi connectivity index (χ1v) is 5.99. The van der Waals surface area contributed by atoms with Crippen molar-refractivity contribution in [2.24, 2.45) is 0 Å². The Balaban J connectivity index is 2.07. The number of anilines is 3. The second-order valence-electron chi connectivity index (χ2n) is 3.98. The zero-order chi connectivity index (χ0) is 13.2. The van der Waals surface area contributed by atoms with Crippen molar-refractivity contribution in [1.29, 1.82) is 0 Å². The van der Waals surface area contributed by atoms with Gasteiger partial charge in [-0.1, -0.05) is 17.7 Å². The second-order valence-corrected chi connectivity index (χ2v) is 4.41. The van der Waals surface area contributed by atoms with Crippen LogP contribution >= 0.6 is 11.6 Å². The van der Waals surface area contributed by atoms with E-state index in [1.807, 2.05) is 24.3 Å². The number of pyridine rings is 1. The fourth-order valence-corrected chi connectivity index (χ4v) is 1.97. The standard InChI is InChI=1S/C13H10ClN5/c14-9-2-1-8-3-4-16-13(10(8)5-9)19-12-6-11(15)17-7-18-12/h1-7H,(H3,15,16,17,18,19). The topological polar surface area (TPSA) is 76.7 Å². The van der Waals surface area contributed by atoms with Crippen molar-refractivity contribution in [2.45, 2.75) is 0 Å². The van der Waals surface area contributed by atoms with Gasteiger partial charge >= 0.3 is 0 Å². The molecular weight excluding hydrogens is 262 g/mol. The number of benzene rings is 1. The van der Waals surface area contributed by atoms with Gasteiger partial charge in [0.1, 0.15) is 23.8 Å². The summed E-state index contributed by atoms with van der Waals surface area (Å²) >= 11 is 6.02. The Bertz CT molecular complexity index is 744. The first kappa shape index (κ1) is 11.7. The molecule has 0 fully saturated rings. The molecule has 1 aromatic carbocycles. The van der Waals surface area contributed by atoms with Crippen LogP contribution in [-0.2, 0) is 0 Å². The molecule has 0 aliphatic heterocycles. The quantitative estimate of drug-likeness (QED) is 0.749. The van der Waals surface area contributed by atoms with Crippen molar-refractivity contribution in [3.05, 3.63) is 47.9 Å². The second kappa shape index (κ2) is 4.70. The van der Waals surface area contributed by atoms with Gasteiger partial charge in [0.15, 0.2) is 0 Å². The van der Waals surface area contributed by atoms with Gasteiger partial charge in [0, 0.05) is 22.7 Å². The molecule has 19 heavy (non-hydrogen) atoms. The number of hydrogen-bond donors (Lipinski definition) is 2. The third-order valence-electron chi connectivity index (χ3n) is 2.66. The molecule has 2 aromatic heterocycles. The van der Waals surface area contributed by atoms with Crippen molar-refractivity contribution in [1.82, 2.24) is 15.0 Å². The minimum absolute atomic E-state index is 0.399. The summed E-state index contributed by atoms with van der Waals surface area (Å²) in [4.78, 5) is 12.2. The number of nitrogens with two attached hydrogens (primary N) is 1. The van der Waals surface area contributed by atoms with Crippen LogP contribution in [0.15, 0.2) is 42.9 Å². The van der Waals surface area contributed by atoms with E-state index in [9.17, 15) is 0 Å². The van der Waals surface area contributed by atoms with Gasteiger partial charge < -0.3 is 11.1 Å². The minimum Gasteiger partial charge on any atom is -0.384 e. The van der Waals surface area contributed by atoms with E-state index in [-0.39, 0.29) is 0 Å². The zero-order valence-electron chi connectivity index (χ0n) is 9.84. The van der Waals surface area contributed by atoms with E-state index in [1.54, 1.807) is 12.3 Å². The van der Waals surface area contributed by atoms with Crippen LogP contribution in [0.3, 0.4) is 0 Å². The Kier molecular flexibility index (Phi) is 2.89. The number of nitrogens with one attached hydrogen (secondary N) is 1. The lowest BCUT2D eigenvalue weighted by Crippen LogP contribution is -1.99. The summed E-state index contributed by atoms with van der Waals surface area (Å²) in [6.07, 6.45) is 3.12. The molecule has 0 spiro atoms. The number of halogens is 1. The lowest BCUT2D eigenvalue weighted by molar-refractivity contribution is 1.17. The first-order valence-electron chi connectivity index (χ1n) is 5.61. The van der Waals surface area contributed by atoms with E-state index in [4.69, 9.17) is 17.3 Å². The maximum Gasteiger partial charge on any atom is 0.139 e. The monoisotopic (exact) mass is 271 g/mol. The van der Waals surface area contributed by atoms with Gasteiger partial charge in [-0.15, -0.1) is 0 Å². The molecule has 0 atom stereocenters. The molecule has 2 heterocycles. The van der Waals surface area contributed by atoms with E-state index < -0.39 is 0 Å². The van der Waals surface area contributed by atoms with E-state index in [1.165, 1.54) is 6.33 Å². The smallest absolute Gasteiger partial charge is 0.139 e. The van der Waals surface area contributed by atoms with Gasteiger partial charge in [0.2, 0.25) is 0 Å². The van der Waals surface area contributed by atoms with Crippen LogP contribution in [0.2, 0.25) is 5.02 Å². The lowest BCUT2D eigenvalue weighted by Gasteiger charge is -2.08. The highest BCUT2D eigenvalue weighted by atomic mass is 35.5. The maximum absolute atomic E-state index is 6.02. The molecule has 3 N–H and O–H groups in total. The Morgan fingerprint density at radius 3 is 2.79 bits per heavy atom. The van der Waals surface area contributed by atoms with Gasteiger partial charge in [0.25, 0.3) is 0 Å². The van der Waals surface area contributed by atoms with Crippen molar-refractivity contribution < 1.29 is 0 Å². The summed E-state index contributed by atoms with van der Waals surface area (Å²) in [6, 6.07) is 9.21. The Morgan fingerprint density at radius 2 is 1.95 bits per heavy atom. The molecule has 3 rings (SSSR count). The molecular formula is C13H10ClN5. The Morgan fingerprint density at radius 1 is 1.05 bits per heavy atom. The molecule has 5 nitrogen and oxygen atoms in total. The summed E-state index contributed by atoms with van der Waals surface area (Å²) in [5, 5.41) is 5.74. The summed E-state index contributed by atoms with van der Waals surface area (Å²) < 4.78 is 0. The van der Waals surface area contributed by atoms with Crippen molar-refractivity contribution in [3.8, 4) is 0 Å². The van der Waals surface area contributed by atoms with Crippen molar-refractivity contribution >= 4 is 39.8 Å². The highest BCUT2D eigenvalue weighted by Crippen LogP contribution is 2.26. The van der Waals surface area contributed by atoms with Gasteiger partial charge in [-0.3, -0.25) is 0 Å². The van der Waals surface area contributed by atoms with Crippen LogP contribution in [-0.4, -0.2) is 15.0 Å². The molecule has 0 amide bonds. The van der Waals surface area contributed by atoms with Gasteiger partial charge in [-0.2, -0.15) is 0 Å². The van der Waals surface area contributed by atoms with E-state index in [0.717, 1.165) is 10.8 Å². The summed E-state index contributed by atoms with van der Waals surface area (Å²) in [5.74, 6) is 1.67. The average molecular weight is 272 g/mol. The Hall–Kier alpha value is -2.40. The molecule has 0 bridgehead atoms. The van der Waals surface area contributed by atoms with Crippen LogP contribution in [0.1, 0.15) is 0 Å². The number of nitrogens with zero attached hydrogens (tertiary/aromatic N) is 3. The number of nitrogen functional groups attached to an aromatic ring is 1. The molecule has 0 aliphatic carbocycles. The zero-order valence-corrected chi connectivity index (χ0v) is 10.6. The summed E-state index contributed by atoms with van der Waals surface area (Å²) in [5.41, 5.74) is 5.62. The van der Waals surface area contributed by atoms with E-state index in [2.05, 4.69) is 20.3 Å². The third-order valence-corrected chi connectivity index (χ3v) is 2.90. The fraction of sp³-hybridized carbons (Fsp3) is 0. The summed E-state index contributed by atoms with van der Waals surface area (Å²) in [7, 11) is 0. The first-order chi connectivity index (χ1) is 9.22. The SMILES string of the molecule is Nc1cc(Nc2nccc3ccc(Cl)cc23)ncn1. The predicted octanol–water partition coefficient (Wildman–Crippen LogP) is 3.00. The van der Waals surface area contributed by atoms with Crippen LogP contribution < -0.4 is 11.1 Å². The number of aromatic nitrogens is 3. The maximum atomic E-state index is 6.02. The normalized spacial score (nSPS) is 10.6. The molecule has 0 unspecified atom stereocenters. The predicted molar refractivity (Wildman–Crippen MR) is 76.5 cm³/mol. The molecule has 0 saturated heterocycles. The summed E-state index contributed by atoms with van der Waals surface area (Å²) in [6.45, 7) is 0. The van der Waals surface area contributed by atoms with Gasteiger partial charge in [0.05, 0.1) is 0 Å². The van der Waals surface area contributed by atoms with Crippen LogP contribution in [0.25, 0.3) is 10.8 Å². The Labute approximate surface area is 114 Å². The number of rotatable bonds is 2.